The number of carbonyl (C=O) groups is 1. The summed E-state index contributed by atoms with van der Waals surface area (Å²) < 4.78 is 5.45. The summed E-state index contributed by atoms with van der Waals surface area (Å²) in [6.45, 7) is 3.29. The third-order valence-corrected chi connectivity index (χ3v) is 6.09. The molecule has 2 aliphatic heterocycles. The summed E-state index contributed by atoms with van der Waals surface area (Å²) in [6, 6.07) is 4.28. The molecular formula is C20H26N4O2S. The average molecular weight is 387 g/mol. The second kappa shape index (κ2) is 8.80. The highest BCUT2D eigenvalue weighted by Gasteiger charge is 2.26. The number of aromatic nitrogens is 2. The molecule has 6 nitrogen and oxygen atoms in total. The van der Waals surface area contributed by atoms with Crippen molar-refractivity contribution >= 4 is 23.2 Å². The Balaban J connectivity index is 1.29. The summed E-state index contributed by atoms with van der Waals surface area (Å²) >= 11 is 1.67. The third kappa shape index (κ3) is 4.84. The molecule has 4 heterocycles. The highest BCUT2D eigenvalue weighted by Crippen LogP contribution is 2.26. The Morgan fingerprint density at radius 3 is 3.00 bits per heavy atom. The second-order valence-electron chi connectivity index (χ2n) is 7.30. The van der Waals surface area contributed by atoms with Crippen LogP contribution in [-0.4, -0.2) is 48.2 Å². The van der Waals surface area contributed by atoms with Gasteiger partial charge < -0.3 is 15.0 Å². The molecule has 0 saturated carbocycles. The Morgan fingerprint density at radius 2 is 2.19 bits per heavy atom. The zero-order valence-electron chi connectivity index (χ0n) is 15.5. The van der Waals surface area contributed by atoms with Crippen molar-refractivity contribution < 1.29 is 9.53 Å². The van der Waals surface area contributed by atoms with Gasteiger partial charge in [-0.25, -0.2) is 9.97 Å². The smallest absolute Gasteiger partial charge is 0.225 e. The monoisotopic (exact) mass is 386 g/mol. The summed E-state index contributed by atoms with van der Waals surface area (Å²) in [6.07, 6.45) is 6.21. The maximum atomic E-state index is 12.2. The quantitative estimate of drug-likeness (QED) is 0.827. The molecule has 7 heteroatoms. The summed E-state index contributed by atoms with van der Waals surface area (Å²) in [5.41, 5.74) is 2.35. The summed E-state index contributed by atoms with van der Waals surface area (Å²) in [5, 5.41) is 7.33. The number of nitrogens with zero attached hydrogens (tertiary/aromatic N) is 3. The Bertz CT molecular complexity index is 746. The van der Waals surface area contributed by atoms with E-state index < -0.39 is 0 Å². The zero-order valence-corrected chi connectivity index (χ0v) is 16.3. The van der Waals surface area contributed by atoms with E-state index in [-0.39, 0.29) is 11.9 Å². The number of thiophene rings is 1. The molecule has 0 radical (unpaired) electrons. The van der Waals surface area contributed by atoms with Crippen LogP contribution in [0.4, 0.5) is 5.95 Å². The summed E-state index contributed by atoms with van der Waals surface area (Å²) in [4.78, 5) is 23.7. The van der Waals surface area contributed by atoms with Crippen molar-refractivity contribution in [1.29, 1.82) is 0 Å². The van der Waals surface area contributed by atoms with E-state index in [1.54, 1.807) is 11.3 Å². The van der Waals surface area contributed by atoms with Crippen LogP contribution < -0.4 is 10.2 Å². The van der Waals surface area contributed by atoms with E-state index in [1.165, 1.54) is 5.56 Å². The van der Waals surface area contributed by atoms with Crippen molar-refractivity contribution in [2.45, 2.75) is 44.1 Å². The van der Waals surface area contributed by atoms with Crippen molar-refractivity contribution in [3.05, 3.63) is 40.3 Å². The van der Waals surface area contributed by atoms with Crippen LogP contribution in [0.15, 0.2) is 29.1 Å². The highest BCUT2D eigenvalue weighted by atomic mass is 32.1. The fourth-order valence-corrected chi connectivity index (χ4v) is 4.49. The van der Waals surface area contributed by atoms with Crippen LogP contribution >= 0.6 is 11.3 Å². The molecule has 0 aromatic carbocycles. The SMILES string of the molecule is O=C(CCc1ccsc1)NC1CCN(c2nccc(C3CCOCC3)n2)C1. The molecule has 2 aromatic heterocycles. The molecule has 2 fully saturated rings. The predicted molar refractivity (Wildman–Crippen MR) is 106 cm³/mol. The average Bonchev–Trinajstić information content (AvgIpc) is 3.39. The summed E-state index contributed by atoms with van der Waals surface area (Å²) in [5.74, 6) is 1.38. The van der Waals surface area contributed by atoms with Gasteiger partial charge in [-0.05, 0) is 54.1 Å². The second-order valence-corrected chi connectivity index (χ2v) is 8.08. The lowest BCUT2D eigenvalue weighted by Crippen LogP contribution is -2.37. The number of anilines is 1. The van der Waals surface area contributed by atoms with Gasteiger partial charge in [0, 0.05) is 56.6 Å². The van der Waals surface area contributed by atoms with E-state index in [4.69, 9.17) is 9.72 Å². The van der Waals surface area contributed by atoms with Crippen molar-refractivity contribution in [1.82, 2.24) is 15.3 Å². The molecule has 4 rings (SSSR count). The Kier molecular flexibility index (Phi) is 5.99. The van der Waals surface area contributed by atoms with E-state index in [1.807, 2.05) is 12.3 Å². The molecule has 27 heavy (non-hydrogen) atoms. The van der Waals surface area contributed by atoms with Gasteiger partial charge in [-0.15, -0.1) is 0 Å². The molecule has 1 N–H and O–H groups in total. The molecule has 0 bridgehead atoms. The fourth-order valence-electron chi connectivity index (χ4n) is 3.79. The van der Waals surface area contributed by atoms with Crippen LogP contribution in [-0.2, 0) is 16.0 Å². The number of nitrogens with one attached hydrogen (secondary N) is 1. The Morgan fingerprint density at radius 1 is 1.30 bits per heavy atom. The number of aryl methyl sites for hydroxylation is 1. The largest absolute Gasteiger partial charge is 0.381 e. The molecular weight excluding hydrogens is 360 g/mol. The molecule has 144 valence electrons. The molecule has 2 aromatic rings. The van der Waals surface area contributed by atoms with Gasteiger partial charge in [-0.2, -0.15) is 11.3 Å². The molecule has 1 unspecified atom stereocenters. The van der Waals surface area contributed by atoms with E-state index >= 15 is 0 Å². The van der Waals surface area contributed by atoms with Crippen LogP contribution in [0.25, 0.3) is 0 Å². The van der Waals surface area contributed by atoms with Gasteiger partial charge in [0.1, 0.15) is 0 Å². The fraction of sp³-hybridized carbons (Fsp3) is 0.550. The lowest BCUT2D eigenvalue weighted by Gasteiger charge is -2.23. The number of carbonyl (C=O) groups excluding carboxylic acids is 1. The number of ether oxygens (including phenoxy) is 1. The minimum Gasteiger partial charge on any atom is -0.381 e. The number of hydrogen-bond acceptors (Lipinski definition) is 6. The maximum absolute atomic E-state index is 12.2. The topological polar surface area (TPSA) is 67.4 Å². The third-order valence-electron chi connectivity index (χ3n) is 5.36. The molecule has 0 spiro atoms. The van der Waals surface area contributed by atoms with Gasteiger partial charge in [0.05, 0.1) is 0 Å². The summed E-state index contributed by atoms with van der Waals surface area (Å²) in [7, 11) is 0. The standard InChI is InChI=1S/C20H26N4O2S/c25-19(2-1-15-7-12-27-14-15)22-17-4-9-24(13-17)20-21-8-3-18(23-20)16-5-10-26-11-6-16/h3,7-8,12,14,16-17H,1-2,4-6,9-11,13H2,(H,22,25). The van der Waals surface area contributed by atoms with Gasteiger partial charge in [-0.3, -0.25) is 4.79 Å². The van der Waals surface area contributed by atoms with Crippen LogP contribution in [0.1, 0.15) is 42.9 Å². The minimum absolute atomic E-state index is 0.130. The Hall–Kier alpha value is -1.99. The lowest BCUT2D eigenvalue weighted by molar-refractivity contribution is -0.121. The van der Waals surface area contributed by atoms with E-state index in [9.17, 15) is 4.79 Å². The van der Waals surface area contributed by atoms with Crippen LogP contribution in [0, 0.1) is 0 Å². The first kappa shape index (κ1) is 18.4. The van der Waals surface area contributed by atoms with Crippen LogP contribution in [0.5, 0.6) is 0 Å². The van der Waals surface area contributed by atoms with Crippen molar-refractivity contribution in [3.63, 3.8) is 0 Å². The normalized spacial score (nSPS) is 20.7. The zero-order chi connectivity index (χ0) is 18.5. The molecule has 2 aliphatic rings. The first-order valence-electron chi connectivity index (χ1n) is 9.74. The van der Waals surface area contributed by atoms with Gasteiger partial charge in [0.15, 0.2) is 0 Å². The number of hydrogen-bond donors (Lipinski definition) is 1. The van der Waals surface area contributed by atoms with E-state index in [0.29, 0.717) is 12.3 Å². The van der Waals surface area contributed by atoms with Crippen molar-refractivity contribution in [3.8, 4) is 0 Å². The number of rotatable bonds is 6. The predicted octanol–water partition coefficient (Wildman–Crippen LogP) is 2.76. The molecule has 1 amide bonds. The van der Waals surface area contributed by atoms with Gasteiger partial charge >= 0.3 is 0 Å². The minimum atomic E-state index is 0.130. The van der Waals surface area contributed by atoms with Crippen molar-refractivity contribution in [2.75, 3.05) is 31.2 Å². The van der Waals surface area contributed by atoms with Gasteiger partial charge in [0.25, 0.3) is 0 Å². The van der Waals surface area contributed by atoms with E-state index in [0.717, 1.165) is 63.6 Å². The first-order valence-corrected chi connectivity index (χ1v) is 10.7. The first-order chi connectivity index (χ1) is 13.3. The van der Waals surface area contributed by atoms with E-state index in [2.05, 4.69) is 32.0 Å². The molecule has 2 saturated heterocycles. The maximum Gasteiger partial charge on any atom is 0.225 e. The van der Waals surface area contributed by atoms with Crippen LogP contribution in [0.3, 0.4) is 0 Å². The lowest BCUT2D eigenvalue weighted by atomic mass is 9.96. The Labute approximate surface area is 164 Å². The molecule has 1 atom stereocenters. The molecule has 0 aliphatic carbocycles. The van der Waals surface area contributed by atoms with Crippen LogP contribution in [0.2, 0.25) is 0 Å². The van der Waals surface area contributed by atoms with Crippen molar-refractivity contribution in [2.24, 2.45) is 0 Å². The number of amides is 1. The van der Waals surface area contributed by atoms with Gasteiger partial charge in [-0.1, -0.05) is 0 Å². The highest BCUT2D eigenvalue weighted by molar-refractivity contribution is 7.07. The van der Waals surface area contributed by atoms with Gasteiger partial charge in [0.2, 0.25) is 11.9 Å².